The highest BCUT2D eigenvalue weighted by Gasteiger charge is 2.22. The summed E-state index contributed by atoms with van der Waals surface area (Å²) >= 11 is 0. The van der Waals surface area contributed by atoms with Crippen molar-refractivity contribution in [2.24, 2.45) is 0 Å². The van der Waals surface area contributed by atoms with Crippen molar-refractivity contribution in [1.29, 1.82) is 0 Å². The summed E-state index contributed by atoms with van der Waals surface area (Å²) in [5, 5.41) is 3.50. The predicted molar refractivity (Wildman–Crippen MR) is 59.7 cm³/mol. The molecular formula is C11H22N2O2. The molecule has 1 amide bonds. The summed E-state index contributed by atoms with van der Waals surface area (Å²) in [6, 6.07) is 1.09. The molecule has 1 rings (SSSR count). The Balaban J connectivity index is 2.26. The third-order valence-corrected chi connectivity index (χ3v) is 2.68. The number of carbonyl (C=O) groups is 1. The van der Waals surface area contributed by atoms with Crippen molar-refractivity contribution in [3.8, 4) is 0 Å². The van der Waals surface area contributed by atoms with Crippen molar-refractivity contribution in [2.75, 3.05) is 26.8 Å². The molecule has 1 aliphatic rings. The highest BCUT2D eigenvalue weighted by atomic mass is 16.5. The average molecular weight is 214 g/mol. The summed E-state index contributed by atoms with van der Waals surface area (Å²) in [6.45, 7) is 6.23. The predicted octanol–water partition coefficient (Wildman–Crippen LogP) is 0.622. The van der Waals surface area contributed by atoms with Gasteiger partial charge in [-0.05, 0) is 12.8 Å². The zero-order valence-electron chi connectivity index (χ0n) is 9.95. The molecule has 4 heteroatoms. The quantitative estimate of drug-likeness (QED) is 0.746. The number of rotatable bonds is 4. The Hall–Kier alpha value is -0.610. The molecule has 0 aromatic carbocycles. The molecule has 0 aliphatic carbocycles. The lowest BCUT2D eigenvalue weighted by Crippen LogP contribution is -2.47. The van der Waals surface area contributed by atoms with E-state index in [9.17, 15) is 4.79 Å². The van der Waals surface area contributed by atoms with Crippen LogP contribution in [0.2, 0.25) is 0 Å². The molecule has 0 bridgehead atoms. The van der Waals surface area contributed by atoms with Crippen LogP contribution in [0.1, 0.15) is 26.7 Å². The van der Waals surface area contributed by atoms with E-state index in [0.717, 1.165) is 25.9 Å². The van der Waals surface area contributed by atoms with Gasteiger partial charge in [0.05, 0.1) is 0 Å². The van der Waals surface area contributed by atoms with Gasteiger partial charge in [0.25, 0.3) is 0 Å². The van der Waals surface area contributed by atoms with E-state index in [-0.39, 0.29) is 12.5 Å². The SMILES string of the molecule is COCC(=O)N1CCC(NC(C)C)CC1. The third kappa shape index (κ3) is 4.18. The van der Waals surface area contributed by atoms with Gasteiger partial charge >= 0.3 is 0 Å². The lowest BCUT2D eigenvalue weighted by molar-refractivity contribution is -0.136. The monoisotopic (exact) mass is 214 g/mol. The number of hydrogen-bond acceptors (Lipinski definition) is 3. The second kappa shape index (κ2) is 6.08. The number of likely N-dealkylation sites (tertiary alicyclic amines) is 1. The van der Waals surface area contributed by atoms with Crippen LogP contribution in [0.15, 0.2) is 0 Å². The first kappa shape index (κ1) is 12.5. The fourth-order valence-corrected chi connectivity index (χ4v) is 1.98. The number of nitrogens with one attached hydrogen (secondary N) is 1. The van der Waals surface area contributed by atoms with Crippen molar-refractivity contribution in [3.05, 3.63) is 0 Å². The average Bonchev–Trinajstić information content (AvgIpc) is 2.18. The molecule has 0 atom stereocenters. The molecule has 0 aromatic heterocycles. The topological polar surface area (TPSA) is 41.6 Å². The van der Waals surface area contributed by atoms with Crippen LogP contribution in [-0.4, -0.2) is 49.7 Å². The maximum atomic E-state index is 11.5. The van der Waals surface area contributed by atoms with Crippen LogP contribution in [-0.2, 0) is 9.53 Å². The Morgan fingerprint density at radius 1 is 1.47 bits per heavy atom. The molecule has 0 aromatic rings. The first-order valence-electron chi connectivity index (χ1n) is 5.66. The molecule has 1 saturated heterocycles. The van der Waals surface area contributed by atoms with Crippen molar-refractivity contribution < 1.29 is 9.53 Å². The van der Waals surface area contributed by atoms with Gasteiger partial charge in [0, 0.05) is 32.3 Å². The summed E-state index contributed by atoms with van der Waals surface area (Å²) in [4.78, 5) is 13.4. The molecule has 0 unspecified atom stereocenters. The molecule has 0 radical (unpaired) electrons. The molecule has 1 aliphatic heterocycles. The van der Waals surface area contributed by atoms with Gasteiger partial charge in [-0.3, -0.25) is 4.79 Å². The van der Waals surface area contributed by atoms with Crippen LogP contribution >= 0.6 is 0 Å². The lowest BCUT2D eigenvalue weighted by Gasteiger charge is -2.33. The van der Waals surface area contributed by atoms with Crippen LogP contribution in [0.5, 0.6) is 0 Å². The Bertz CT molecular complexity index is 199. The maximum Gasteiger partial charge on any atom is 0.248 e. The summed E-state index contributed by atoms with van der Waals surface area (Å²) in [7, 11) is 1.56. The zero-order valence-corrected chi connectivity index (χ0v) is 9.95. The fourth-order valence-electron chi connectivity index (χ4n) is 1.98. The minimum absolute atomic E-state index is 0.112. The molecule has 1 N–H and O–H groups in total. The van der Waals surface area contributed by atoms with Gasteiger partial charge in [-0.25, -0.2) is 0 Å². The van der Waals surface area contributed by atoms with Crippen LogP contribution in [0.25, 0.3) is 0 Å². The zero-order chi connectivity index (χ0) is 11.3. The highest BCUT2D eigenvalue weighted by Crippen LogP contribution is 2.11. The van der Waals surface area contributed by atoms with Crippen LogP contribution < -0.4 is 5.32 Å². The first-order chi connectivity index (χ1) is 7.13. The molecule has 0 saturated carbocycles. The molecule has 15 heavy (non-hydrogen) atoms. The van der Waals surface area contributed by atoms with Crippen molar-refractivity contribution in [2.45, 2.75) is 38.8 Å². The molecule has 88 valence electrons. The smallest absolute Gasteiger partial charge is 0.248 e. The largest absolute Gasteiger partial charge is 0.375 e. The number of piperidine rings is 1. The number of amides is 1. The maximum absolute atomic E-state index is 11.5. The van der Waals surface area contributed by atoms with Gasteiger partial charge in [-0.15, -0.1) is 0 Å². The Kier molecular flexibility index (Phi) is 5.05. The number of carbonyl (C=O) groups excluding carboxylic acids is 1. The van der Waals surface area contributed by atoms with Crippen molar-refractivity contribution in [1.82, 2.24) is 10.2 Å². The number of methoxy groups -OCH3 is 1. The van der Waals surface area contributed by atoms with E-state index < -0.39 is 0 Å². The first-order valence-corrected chi connectivity index (χ1v) is 5.66. The minimum Gasteiger partial charge on any atom is -0.375 e. The molecule has 1 heterocycles. The van der Waals surface area contributed by atoms with Crippen LogP contribution in [0, 0.1) is 0 Å². The van der Waals surface area contributed by atoms with Crippen molar-refractivity contribution >= 4 is 5.91 Å². The molecule has 1 fully saturated rings. The lowest BCUT2D eigenvalue weighted by atomic mass is 10.0. The van der Waals surface area contributed by atoms with Gasteiger partial charge in [-0.1, -0.05) is 13.8 Å². The third-order valence-electron chi connectivity index (χ3n) is 2.68. The van der Waals surface area contributed by atoms with E-state index in [0.29, 0.717) is 12.1 Å². The van der Waals surface area contributed by atoms with Crippen LogP contribution in [0.3, 0.4) is 0 Å². The van der Waals surface area contributed by atoms with Gasteiger partial charge in [0.2, 0.25) is 5.91 Å². The Morgan fingerprint density at radius 3 is 2.53 bits per heavy atom. The van der Waals surface area contributed by atoms with Crippen molar-refractivity contribution in [3.63, 3.8) is 0 Å². The fraction of sp³-hybridized carbons (Fsp3) is 0.909. The highest BCUT2D eigenvalue weighted by molar-refractivity contribution is 5.77. The van der Waals surface area contributed by atoms with E-state index in [4.69, 9.17) is 4.74 Å². The van der Waals surface area contributed by atoms with E-state index >= 15 is 0 Å². The summed E-state index contributed by atoms with van der Waals surface area (Å²) in [6.07, 6.45) is 2.10. The van der Waals surface area contributed by atoms with E-state index in [1.165, 1.54) is 0 Å². The second-order valence-corrected chi connectivity index (χ2v) is 4.41. The number of ether oxygens (including phenoxy) is 1. The summed E-state index contributed by atoms with van der Waals surface area (Å²) in [5.74, 6) is 0.112. The van der Waals surface area contributed by atoms with E-state index in [1.54, 1.807) is 7.11 Å². The summed E-state index contributed by atoms with van der Waals surface area (Å²) < 4.78 is 4.84. The van der Waals surface area contributed by atoms with Gasteiger partial charge in [0.15, 0.2) is 0 Å². The number of hydrogen-bond donors (Lipinski definition) is 1. The standard InChI is InChI=1S/C11H22N2O2/c1-9(2)12-10-4-6-13(7-5-10)11(14)8-15-3/h9-10,12H,4-8H2,1-3H3. The normalized spacial score (nSPS) is 18.5. The van der Waals surface area contributed by atoms with Crippen LogP contribution in [0.4, 0.5) is 0 Å². The van der Waals surface area contributed by atoms with E-state index in [1.807, 2.05) is 4.90 Å². The molecule has 0 spiro atoms. The molecular weight excluding hydrogens is 192 g/mol. The van der Waals surface area contributed by atoms with Gasteiger partial charge in [0.1, 0.15) is 6.61 Å². The summed E-state index contributed by atoms with van der Waals surface area (Å²) in [5.41, 5.74) is 0. The van der Waals surface area contributed by atoms with Gasteiger partial charge < -0.3 is 15.0 Å². The molecule has 4 nitrogen and oxygen atoms in total. The van der Waals surface area contributed by atoms with Gasteiger partial charge in [-0.2, -0.15) is 0 Å². The Labute approximate surface area is 92.0 Å². The Morgan fingerprint density at radius 2 is 2.07 bits per heavy atom. The minimum atomic E-state index is 0.112. The van der Waals surface area contributed by atoms with E-state index in [2.05, 4.69) is 19.2 Å². The second-order valence-electron chi connectivity index (χ2n) is 4.41. The number of nitrogens with zero attached hydrogens (tertiary/aromatic N) is 1.